The van der Waals surface area contributed by atoms with Gasteiger partial charge in [0.2, 0.25) is 0 Å². The van der Waals surface area contributed by atoms with Gasteiger partial charge in [0.1, 0.15) is 11.2 Å². The van der Waals surface area contributed by atoms with Gasteiger partial charge >= 0.3 is 0 Å². The van der Waals surface area contributed by atoms with Crippen LogP contribution in [0.3, 0.4) is 0 Å². The molecule has 5 heteroatoms. The highest BCUT2D eigenvalue weighted by atomic mass is 16.3. The molecule has 0 amide bonds. The Morgan fingerprint density at radius 3 is 1.15 bits per heavy atom. The van der Waals surface area contributed by atoms with Crippen LogP contribution in [-0.2, 0) is 18.3 Å². The number of anilines is 9. The molecular weight excluding hydrogens is 1170 g/mol. The summed E-state index contributed by atoms with van der Waals surface area (Å²) in [5.74, 6) is 0.954. The second-order valence-electron chi connectivity index (χ2n) is 27.5. The lowest BCUT2D eigenvalue weighted by molar-refractivity contribution is 0.442. The molecule has 4 aliphatic rings. The minimum atomic E-state index is -0.892. The van der Waals surface area contributed by atoms with E-state index < -0.39 is 5.41 Å². The van der Waals surface area contributed by atoms with Gasteiger partial charge in [-0.15, -0.1) is 0 Å². The first-order valence-electron chi connectivity index (χ1n) is 35.4. The van der Waals surface area contributed by atoms with Gasteiger partial charge in [-0.3, -0.25) is 0 Å². The topological polar surface area (TPSA) is 36.0 Å². The van der Waals surface area contributed by atoms with E-state index in [0.717, 1.165) is 108 Å². The van der Waals surface area contributed by atoms with Crippen LogP contribution in [0.2, 0.25) is 0 Å². The van der Waals surface area contributed by atoms with Crippen molar-refractivity contribution in [3.63, 3.8) is 0 Å². The smallest absolute Gasteiger partial charge is 0.159 e. The van der Waals surface area contributed by atoms with Crippen LogP contribution in [0.5, 0.6) is 0 Å². The molecule has 96 heavy (non-hydrogen) atoms. The Morgan fingerprint density at radius 2 is 0.708 bits per heavy atom. The number of rotatable bonds is 11. The van der Waals surface area contributed by atoms with Crippen molar-refractivity contribution >= 4 is 117 Å². The summed E-state index contributed by atoms with van der Waals surface area (Å²) in [5.41, 5.74) is 25.4. The fourth-order valence-corrected chi connectivity index (χ4v) is 18.1. The second-order valence-corrected chi connectivity index (χ2v) is 27.5. The highest BCUT2D eigenvalue weighted by molar-refractivity contribution is 6.21. The number of nitrogens with zero attached hydrogens (tertiary/aromatic N) is 3. The first-order valence-corrected chi connectivity index (χ1v) is 35.4. The SMILES string of the molecule is CCc1ccc(N(c2cc3c(c4ccccc24)-c2c(cc(N(c4ccc(CC)cc4)c4cccc5c4oc4c(C6CCCCC6)cccc45)c4ccccc24)C32c3ccccc3N(c3ccccc3)c3ccccc32)c2cccc3c2oc2c(C4CCCCC4)cccc23)cc1. The molecule has 0 saturated heterocycles. The molecule has 2 aromatic heterocycles. The van der Waals surface area contributed by atoms with E-state index in [1.807, 2.05) is 0 Å². The number of aryl methyl sites for hydroxylation is 2. The first-order chi connectivity index (χ1) is 47.6. The first kappa shape index (κ1) is 56.9. The maximum atomic E-state index is 7.54. The molecule has 0 bridgehead atoms. The Hall–Kier alpha value is -10.6. The molecule has 15 aromatic rings. The van der Waals surface area contributed by atoms with Crippen LogP contribution >= 0.6 is 0 Å². The van der Waals surface area contributed by atoms with Crippen molar-refractivity contribution in [1.29, 1.82) is 0 Å². The molecule has 3 heterocycles. The number of hydrogen-bond acceptors (Lipinski definition) is 5. The van der Waals surface area contributed by atoms with Gasteiger partial charge in [-0.05, 0) is 190 Å². The van der Waals surface area contributed by atoms with E-state index in [1.165, 1.54) is 141 Å². The van der Waals surface area contributed by atoms with Crippen molar-refractivity contribution in [1.82, 2.24) is 0 Å². The molecule has 0 radical (unpaired) electrons. The van der Waals surface area contributed by atoms with E-state index in [9.17, 15) is 0 Å². The molecule has 0 unspecified atom stereocenters. The standard InChI is InChI=1S/C91H75N3O2/c1-3-58-48-52-63(53-49-58)93(81-46-24-40-73-71-38-22-36-65(87(71)95-89(73)81)60-26-8-5-9-27-60)83-56-77-85(69-34-16-14-32-67(69)83)86-70-35-17-15-33-68(70)84(57-78(86)91(77)75-42-18-20-44-79(75)92(62-30-12-7-13-31-62)80-45-21-19-43-76(80)91)94(64-54-50-59(4-2)51-55-64)82-47-25-41-74-72-39-23-37-66(88(72)96-90(74)82)61-28-10-6-11-29-61/h7,12-25,30-57,60-61H,3-6,8-11,26-29H2,1-2H3. The second kappa shape index (κ2) is 22.8. The number of hydrogen-bond donors (Lipinski definition) is 0. The van der Waals surface area contributed by atoms with Crippen molar-refractivity contribution in [3.8, 4) is 11.1 Å². The molecule has 13 aromatic carbocycles. The monoisotopic (exact) mass is 1240 g/mol. The highest BCUT2D eigenvalue weighted by Crippen LogP contribution is 2.68. The third-order valence-electron chi connectivity index (χ3n) is 22.5. The van der Waals surface area contributed by atoms with Gasteiger partial charge in [-0.25, -0.2) is 0 Å². The molecule has 3 aliphatic carbocycles. The van der Waals surface area contributed by atoms with Crippen LogP contribution in [0.25, 0.3) is 76.5 Å². The third-order valence-corrected chi connectivity index (χ3v) is 22.5. The zero-order valence-corrected chi connectivity index (χ0v) is 54.6. The zero-order chi connectivity index (χ0) is 63.6. The van der Waals surface area contributed by atoms with Gasteiger partial charge in [-0.2, -0.15) is 0 Å². The molecule has 0 N–H and O–H groups in total. The van der Waals surface area contributed by atoms with Crippen LogP contribution in [0.15, 0.2) is 270 Å². The van der Waals surface area contributed by atoms with Gasteiger partial charge in [0.05, 0.1) is 39.5 Å². The Labute approximate surface area is 561 Å². The normalized spacial score (nSPS) is 15.2. The van der Waals surface area contributed by atoms with E-state index in [-0.39, 0.29) is 0 Å². The molecule has 5 nitrogen and oxygen atoms in total. The van der Waals surface area contributed by atoms with E-state index in [4.69, 9.17) is 8.83 Å². The molecule has 2 fully saturated rings. The van der Waals surface area contributed by atoms with E-state index in [2.05, 4.69) is 289 Å². The quantitative estimate of drug-likeness (QED) is 0.129. The fourth-order valence-electron chi connectivity index (χ4n) is 18.1. The maximum Gasteiger partial charge on any atom is 0.159 e. The van der Waals surface area contributed by atoms with Crippen molar-refractivity contribution in [2.24, 2.45) is 0 Å². The average Bonchev–Trinajstić information content (AvgIpc) is 1.47. The predicted molar refractivity (Wildman–Crippen MR) is 401 cm³/mol. The van der Waals surface area contributed by atoms with Crippen LogP contribution in [0.4, 0.5) is 51.2 Å². The van der Waals surface area contributed by atoms with Crippen molar-refractivity contribution < 1.29 is 8.83 Å². The summed E-state index contributed by atoms with van der Waals surface area (Å²) >= 11 is 0. The van der Waals surface area contributed by atoms with Gasteiger partial charge < -0.3 is 23.5 Å². The summed E-state index contributed by atoms with van der Waals surface area (Å²) in [6.45, 7) is 4.50. The molecule has 19 rings (SSSR count). The van der Waals surface area contributed by atoms with Crippen LogP contribution < -0.4 is 14.7 Å². The molecular formula is C91H75N3O2. The van der Waals surface area contributed by atoms with E-state index >= 15 is 0 Å². The minimum Gasteiger partial charge on any atom is -0.454 e. The summed E-state index contributed by atoms with van der Waals surface area (Å²) < 4.78 is 15.1. The molecule has 466 valence electrons. The Balaban J connectivity index is 0.939. The number of para-hydroxylation sites is 7. The lowest BCUT2D eigenvalue weighted by Gasteiger charge is -2.45. The van der Waals surface area contributed by atoms with E-state index in [0.29, 0.717) is 11.8 Å². The van der Waals surface area contributed by atoms with Crippen molar-refractivity contribution in [2.75, 3.05) is 14.7 Å². The number of furan rings is 2. The highest BCUT2D eigenvalue weighted by Gasteiger charge is 2.54. The van der Waals surface area contributed by atoms with Crippen LogP contribution in [0.1, 0.15) is 134 Å². The van der Waals surface area contributed by atoms with Gasteiger partial charge in [0.25, 0.3) is 0 Å². The zero-order valence-electron chi connectivity index (χ0n) is 54.6. The number of benzene rings is 13. The van der Waals surface area contributed by atoms with Gasteiger partial charge in [0, 0.05) is 49.4 Å². The molecule has 0 atom stereocenters. The van der Waals surface area contributed by atoms with E-state index in [1.54, 1.807) is 0 Å². The largest absolute Gasteiger partial charge is 0.454 e. The Bertz CT molecular complexity index is 5220. The summed E-state index contributed by atoms with van der Waals surface area (Å²) in [6, 6.07) is 99.4. The molecule has 1 aliphatic heterocycles. The van der Waals surface area contributed by atoms with Crippen molar-refractivity contribution in [3.05, 3.63) is 305 Å². The van der Waals surface area contributed by atoms with Gasteiger partial charge in [0.15, 0.2) is 11.2 Å². The fraction of sp³-hybridized carbons (Fsp3) is 0.187. The third kappa shape index (κ3) is 8.54. The lowest BCUT2D eigenvalue weighted by Crippen LogP contribution is -2.36. The van der Waals surface area contributed by atoms with Gasteiger partial charge in [-0.1, -0.05) is 240 Å². The predicted octanol–water partition coefficient (Wildman–Crippen LogP) is 26.1. The molecule has 2 saturated carbocycles. The summed E-state index contributed by atoms with van der Waals surface area (Å²) in [6.07, 6.45) is 14.3. The summed E-state index contributed by atoms with van der Waals surface area (Å²) in [7, 11) is 0. The summed E-state index contributed by atoms with van der Waals surface area (Å²) in [4.78, 5) is 7.59. The minimum absolute atomic E-state index is 0.477. The summed E-state index contributed by atoms with van der Waals surface area (Å²) in [5, 5.41) is 9.35. The van der Waals surface area contributed by atoms with Crippen LogP contribution in [0, 0.1) is 0 Å². The Kier molecular flexibility index (Phi) is 13.5. The lowest BCUT2D eigenvalue weighted by atomic mass is 9.64. The van der Waals surface area contributed by atoms with Crippen molar-refractivity contribution in [2.45, 2.75) is 108 Å². The average molecular weight is 1240 g/mol. The maximum absolute atomic E-state index is 7.54. The number of fused-ring (bicyclic) bond motifs is 19. The van der Waals surface area contributed by atoms with Crippen LogP contribution in [-0.4, -0.2) is 0 Å². The molecule has 1 spiro atoms. The Morgan fingerprint density at radius 1 is 0.333 bits per heavy atom.